The summed E-state index contributed by atoms with van der Waals surface area (Å²) in [4.78, 5) is 8.91. The molecule has 20 heavy (non-hydrogen) atoms. The molecular weight excluding hydrogens is 278 g/mol. The zero-order chi connectivity index (χ0) is 14.2. The van der Waals surface area contributed by atoms with Gasteiger partial charge in [-0.25, -0.2) is 18.4 Å². The fourth-order valence-electron chi connectivity index (χ4n) is 2.76. The van der Waals surface area contributed by atoms with Crippen LogP contribution in [0.4, 0.5) is 0 Å². The third-order valence-corrected chi connectivity index (χ3v) is 5.49. The average molecular weight is 295 g/mol. The topological polar surface area (TPSA) is 85.1 Å². The fraction of sp³-hybridized carbons (Fsp3) is 0.538. The SMILES string of the molecule is O=S1(=O)CCC(c2nc3cccnc3n2CCO)CC1. The molecule has 7 heteroatoms. The minimum absolute atomic E-state index is 0.0139. The van der Waals surface area contributed by atoms with Crippen molar-refractivity contribution in [3.63, 3.8) is 0 Å². The number of hydrogen-bond acceptors (Lipinski definition) is 5. The highest BCUT2D eigenvalue weighted by Gasteiger charge is 2.28. The maximum Gasteiger partial charge on any atom is 0.160 e. The standard InChI is InChI=1S/C13H17N3O3S/c17-7-6-16-12(10-3-8-20(18,19)9-4-10)15-11-2-1-5-14-13(11)16/h1-2,5,10,17H,3-4,6-9H2. The number of rotatable bonds is 3. The molecule has 0 saturated carbocycles. The largest absolute Gasteiger partial charge is 0.395 e. The number of imidazole rings is 1. The van der Waals surface area contributed by atoms with Crippen LogP contribution in [0.3, 0.4) is 0 Å². The van der Waals surface area contributed by atoms with E-state index in [0.29, 0.717) is 19.4 Å². The summed E-state index contributed by atoms with van der Waals surface area (Å²) in [5.74, 6) is 1.41. The third-order valence-electron chi connectivity index (χ3n) is 3.78. The van der Waals surface area contributed by atoms with Gasteiger partial charge in [0, 0.05) is 18.7 Å². The number of aromatic nitrogens is 3. The number of nitrogens with zero attached hydrogens (tertiary/aromatic N) is 3. The molecular formula is C13H17N3O3S. The van der Waals surface area contributed by atoms with Crippen molar-refractivity contribution < 1.29 is 13.5 Å². The summed E-state index contributed by atoms with van der Waals surface area (Å²) in [5, 5.41) is 9.23. The normalized spacial score (nSPS) is 19.4. The van der Waals surface area contributed by atoms with Crippen LogP contribution in [0, 0.1) is 0 Å². The lowest BCUT2D eigenvalue weighted by Gasteiger charge is -2.22. The van der Waals surface area contributed by atoms with Gasteiger partial charge in [-0.05, 0) is 25.0 Å². The molecule has 3 rings (SSSR count). The smallest absolute Gasteiger partial charge is 0.160 e. The second-order valence-electron chi connectivity index (χ2n) is 5.12. The zero-order valence-corrected chi connectivity index (χ0v) is 11.9. The van der Waals surface area contributed by atoms with Crippen molar-refractivity contribution in [3.8, 4) is 0 Å². The molecule has 0 unspecified atom stereocenters. The van der Waals surface area contributed by atoms with Crippen LogP contribution in [0.15, 0.2) is 18.3 Å². The van der Waals surface area contributed by atoms with Gasteiger partial charge in [0.2, 0.25) is 0 Å². The van der Waals surface area contributed by atoms with Crippen molar-refractivity contribution in [3.05, 3.63) is 24.2 Å². The lowest BCUT2D eigenvalue weighted by Crippen LogP contribution is -2.24. The molecule has 108 valence electrons. The van der Waals surface area contributed by atoms with E-state index in [9.17, 15) is 13.5 Å². The van der Waals surface area contributed by atoms with Crippen LogP contribution in [0.25, 0.3) is 11.2 Å². The fourth-order valence-corrected chi connectivity index (χ4v) is 4.25. The molecule has 0 aromatic carbocycles. The molecule has 0 amide bonds. The summed E-state index contributed by atoms with van der Waals surface area (Å²) in [6.07, 6.45) is 2.89. The molecule has 2 aromatic rings. The van der Waals surface area contributed by atoms with Gasteiger partial charge in [-0.2, -0.15) is 0 Å². The first-order valence-electron chi connectivity index (χ1n) is 6.73. The van der Waals surface area contributed by atoms with Gasteiger partial charge in [0.1, 0.15) is 21.2 Å². The van der Waals surface area contributed by atoms with Crippen LogP contribution in [-0.4, -0.2) is 46.2 Å². The van der Waals surface area contributed by atoms with Gasteiger partial charge in [-0.1, -0.05) is 0 Å². The Morgan fingerprint density at radius 3 is 2.80 bits per heavy atom. The molecule has 0 aliphatic carbocycles. The Bertz CT molecular complexity index is 710. The van der Waals surface area contributed by atoms with Crippen LogP contribution in [0.2, 0.25) is 0 Å². The highest BCUT2D eigenvalue weighted by Crippen LogP contribution is 2.30. The van der Waals surface area contributed by atoms with Crippen LogP contribution in [0.1, 0.15) is 24.6 Å². The molecule has 0 spiro atoms. The van der Waals surface area contributed by atoms with Crippen molar-refractivity contribution in [1.82, 2.24) is 14.5 Å². The van der Waals surface area contributed by atoms with Gasteiger partial charge >= 0.3 is 0 Å². The molecule has 2 aromatic heterocycles. The monoisotopic (exact) mass is 295 g/mol. The molecule has 6 nitrogen and oxygen atoms in total. The first-order valence-corrected chi connectivity index (χ1v) is 8.55. The average Bonchev–Trinajstić information content (AvgIpc) is 2.78. The van der Waals surface area contributed by atoms with Crippen LogP contribution in [-0.2, 0) is 16.4 Å². The number of fused-ring (bicyclic) bond motifs is 1. The van der Waals surface area contributed by atoms with Gasteiger partial charge in [-0.3, -0.25) is 0 Å². The molecule has 0 atom stereocenters. The number of pyridine rings is 1. The summed E-state index contributed by atoms with van der Waals surface area (Å²) < 4.78 is 25.0. The second-order valence-corrected chi connectivity index (χ2v) is 7.42. The second kappa shape index (κ2) is 5.14. The van der Waals surface area contributed by atoms with E-state index in [2.05, 4.69) is 9.97 Å². The predicted octanol–water partition coefficient (Wildman–Crippen LogP) is 0.716. The first-order chi connectivity index (χ1) is 9.61. The van der Waals surface area contributed by atoms with Gasteiger partial charge in [0.05, 0.1) is 18.1 Å². The van der Waals surface area contributed by atoms with Crippen molar-refractivity contribution in [2.75, 3.05) is 18.1 Å². The Hall–Kier alpha value is -1.47. The van der Waals surface area contributed by atoms with Gasteiger partial charge in [-0.15, -0.1) is 0 Å². The Kier molecular flexibility index (Phi) is 3.47. The molecule has 1 saturated heterocycles. The van der Waals surface area contributed by atoms with Gasteiger partial charge in [0.25, 0.3) is 0 Å². The lowest BCUT2D eigenvalue weighted by molar-refractivity contribution is 0.274. The van der Waals surface area contributed by atoms with E-state index in [0.717, 1.165) is 17.0 Å². The maximum absolute atomic E-state index is 11.5. The summed E-state index contributed by atoms with van der Waals surface area (Å²) in [5.41, 5.74) is 1.55. The van der Waals surface area contributed by atoms with Crippen LogP contribution in [0.5, 0.6) is 0 Å². The predicted molar refractivity (Wildman–Crippen MR) is 75.2 cm³/mol. The lowest BCUT2D eigenvalue weighted by atomic mass is 10.0. The molecule has 1 aliphatic heterocycles. The van der Waals surface area contributed by atoms with Crippen LogP contribution < -0.4 is 0 Å². The summed E-state index contributed by atoms with van der Waals surface area (Å²) in [6.45, 7) is 0.451. The van der Waals surface area contributed by atoms with Crippen molar-refractivity contribution >= 4 is 21.0 Å². The summed E-state index contributed by atoms with van der Waals surface area (Å²) in [7, 11) is -2.88. The Balaban J connectivity index is 2.00. The summed E-state index contributed by atoms with van der Waals surface area (Å²) in [6, 6.07) is 3.72. The number of aliphatic hydroxyl groups is 1. The van der Waals surface area contributed by atoms with E-state index in [1.54, 1.807) is 6.20 Å². The molecule has 1 fully saturated rings. The van der Waals surface area contributed by atoms with E-state index in [-0.39, 0.29) is 24.0 Å². The quantitative estimate of drug-likeness (QED) is 0.901. The van der Waals surface area contributed by atoms with E-state index in [4.69, 9.17) is 0 Å². The maximum atomic E-state index is 11.5. The molecule has 0 radical (unpaired) electrons. The Morgan fingerprint density at radius 1 is 1.35 bits per heavy atom. The van der Waals surface area contributed by atoms with E-state index in [1.807, 2.05) is 16.7 Å². The number of sulfone groups is 1. The number of aliphatic hydroxyl groups excluding tert-OH is 1. The third kappa shape index (κ3) is 2.43. The molecule has 1 aliphatic rings. The summed E-state index contributed by atoms with van der Waals surface area (Å²) >= 11 is 0. The highest BCUT2D eigenvalue weighted by molar-refractivity contribution is 7.91. The zero-order valence-electron chi connectivity index (χ0n) is 11.1. The Morgan fingerprint density at radius 2 is 2.10 bits per heavy atom. The van der Waals surface area contributed by atoms with Crippen molar-refractivity contribution in [1.29, 1.82) is 0 Å². The molecule has 3 heterocycles. The Labute approximate surface area is 117 Å². The van der Waals surface area contributed by atoms with Gasteiger partial charge in [0.15, 0.2) is 5.65 Å². The first kappa shape index (κ1) is 13.5. The number of hydrogen-bond donors (Lipinski definition) is 1. The highest BCUT2D eigenvalue weighted by atomic mass is 32.2. The molecule has 1 N–H and O–H groups in total. The van der Waals surface area contributed by atoms with Crippen molar-refractivity contribution in [2.45, 2.75) is 25.3 Å². The molecule has 0 bridgehead atoms. The van der Waals surface area contributed by atoms with E-state index in [1.165, 1.54) is 0 Å². The minimum atomic E-state index is -2.88. The van der Waals surface area contributed by atoms with Crippen molar-refractivity contribution in [2.24, 2.45) is 0 Å². The van der Waals surface area contributed by atoms with E-state index < -0.39 is 9.84 Å². The minimum Gasteiger partial charge on any atom is -0.395 e. The van der Waals surface area contributed by atoms with E-state index >= 15 is 0 Å². The van der Waals surface area contributed by atoms with Gasteiger partial charge < -0.3 is 9.67 Å². The van der Waals surface area contributed by atoms with Crippen LogP contribution >= 0.6 is 0 Å².